The van der Waals surface area contributed by atoms with E-state index in [4.69, 9.17) is 11.0 Å². The third kappa shape index (κ3) is 6.75. The molecule has 0 radical (unpaired) electrons. The maximum atomic E-state index is 13.3. The van der Waals surface area contributed by atoms with Gasteiger partial charge in [0.25, 0.3) is 5.91 Å². The number of rotatable bonds is 9. The summed E-state index contributed by atoms with van der Waals surface area (Å²) in [6, 6.07) is -8.08. The number of carbonyl (C=O) groups excluding carboxylic acids is 2. The Hall–Kier alpha value is -2.78. The molecule has 28 heavy (non-hydrogen) atoms. The van der Waals surface area contributed by atoms with Crippen LogP contribution in [0.3, 0.4) is 0 Å². The smallest absolute Gasteiger partial charge is 0.426 e. The Balaban J connectivity index is 2.71. The van der Waals surface area contributed by atoms with Crippen molar-refractivity contribution in [1.29, 1.82) is 0 Å². The van der Waals surface area contributed by atoms with E-state index in [1.807, 2.05) is 5.32 Å². The predicted molar refractivity (Wildman–Crippen MR) is 105 cm³/mol. The molecule has 0 bridgehead atoms. The van der Waals surface area contributed by atoms with Gasteiger partial charge < -0.3 is 20.7 Å². The van der Waals surface area contributed by atoms with Crippen molar-refractivity contribution in [3.05, 3.63) is 60.1 Å². The number of benzene rings is 1. The van der Waals surface area contributed by atoms with Crippen molar-refractivity contribution >= 4 is 18.9 Å². The first-order valence-electron chi connectivity index (χ1n) is 12.4. The largest absolute Gasteiger partial charge is 0.475 e. The van der Waals surface area contributed by atoms with Crippen LogP contribution in [0.15, 0.2) is 48.8 Å². The van der Waals surface area contributed by atoms with Crippen molar-refractivity contribution in [3.63, 3.8) is 0 Å². The van der Waals surface area contributed by atoms with Crippen molar-refractivity contribution in [2.24, 2.45) is 5.92 Å². The molecule has 9 heteroatoms. The summed E-state index contributed by atoms with van der Waals surface area (Å²) in [7, 11) is -2.11. The van der Waals surface area contributed by atoms with Crippen molar-refractivity contribution in [1.82, 2.24) is 20.6 Å². The summed E-state index contributed by atoms with van der Waals surface area (Å²) in [6.45, 7) is 3.41. The lowest BCUT2D eigenvalue weighted by Crippen LogP contribution is -2.55. The number of nitrogens with zero attached hydrogens (tertiary/aromatic N) is 2. The first-order valence-corrected chi connectivity index (χ1v) is 8.39. The maximum absolute atomic E-state index is 13.3. The van der Waals surface area contributed by atoms with Gasteiger partial charge in [-0.1, -0.05) is 44.1 Å². The van der Waals surface area contributed by atoms with Crippen LogP contribution in [-0.2, 0) is 11.2 Å². The molecule has 0 aliphatic rings. The molecule has 0 spiro atoms. The molecule has 2 rings (SSSR count). The van der Waals surface area contributed by atoms with E-state index >= 15 is 0 Å². The van der Waals surface area contributed by atoms with Crippen molar-refractivity contribution in [3.8, 4) is 0 Å². The number of hydrogen-bond donors (Lipinski definition) is 4. The lowest BCUT2D eigenvalue weighted by molar-refractivity contribution is -0.123. The second kappa shape index (κ2) is 10.5. The Morgan fingerprint density at radius 2 is 1.96 bits per heavy atom. The van der Waals surface area contributed by atoms with E-state index in [-0.39, 0.29) is 12.3 Å². The van der Waals surface area contributed by atoms with Crippen LogP contribution < -0.4 is 10.6 Å². The van der Waals surface area contributed by atoms with Crippen molar-refractivity contribution in [2.75, 3.05) is 0 Å². The minimum absolute atomic E-state index is 0.00470. The summed E-state index contributed by atoms with van der Waals surface area (Å²) < 4.78 is 65.7. The van der Waals surface area contributed by atoms with E-state index in [2.05, 4.69) is 15.3 Å². The number of carbonyl (C=O) groups is 2. The first kappa shape index (κ1) is 12.6. The van der Waals surface area contributed by atoms with Gasteiger partial charge in [-0.25, -0.2) is 4.98 Å². The highest BCUT2D eigenvalue weighted by Crippen LogP contribution is 2.09. The molecular weight excluding hydrogens is 359 g/mol. The van der Waals surface area contributed by atoms with Gasteiger partial charge in [0.05, 0.1) is 20.4 Å². The van der Waals surface area contributed by atoms with Gasteiger partial charge >= 0.3 is 7.12 Å². The molecule has 0 saturated carbocycles. The summed E-state index contributed by atoms with van der Waals surface area (Å²) in [6.07, 6.45) is -0.0958. The molecule has 4 N–H and O–H groups in total. The fraction of sp³-hybridized carbons (Fsp3) is 0.368. The fourth-order valence-corrected chi connectivity index (χ4v) is 2.18. The molecule has 2 atom stereocenters. The second-order valence-corrected chi connectivity index (χ2v) is 6.17. The Labute approximate surface area is 175 Å². The zero-order valence-corrected chi connectivity index (χ0v) is 15.3. The van der Waals surface area contributed by atoms with Gasteiger partial charge in [-0.2, -0.15) is 0 Å². The molecule has 1 heterocycles. The summed E-state index contributed by atoms with van der Waals surface area (Å²) in [4.78, 5) is 33.6. The van der Waals surface area contributed by atoms with Crippen LogP contribution >= 0.6 is 0 Å². The summed E-state index contributed by atoms with van der Waals surface area (Å²) in [5, 5.41) is 23.4. The molecule has 0 fully saturated rings. The topological polar surface area (TPSA) is 124 Å². The van der Waals surface area contributed by atoms with Crippen molar-refractivity contribution < 1.29 is 30.6 Å². The first-order chi connectivity index (χ1) is 16.6. The van der Waals surface area contributed by atoms with E-state index in [9.17, 15) is 19.6 Å². The maximum Gasteiger partial charge on any atom is 0.475 e. The van der Waals surface area contributed by atoms with Crippen LogP contribution in [-0.4, -0.2) is 50.9 Å². The monoisotopic (exact) mass is 392 g/mol. The van der Waals surface area contributed by atoms with E-state index in [1.54, 1.807) is 13.8 Å². The van der Waals surface area contributed by atoms with Gasteiger partial charge in [0, 0.05) is 21.5 Å². The zero-order chi connectivity index (χ0) is 27.6. The third-order valence-electron chi connectivity index (χ3n) is 3.41. The fourth-order valence-electron chi connectivity index (χ4n) is 2.18. The van der Waals surface area contributed by atoms with E-state index in [0.717, 1.165) is 12.4 Å². The highest BCUT2D eigenvalue weighted by Gasteiger charge is 2.30. The normalized spacial score (nSPS) is 18.6. The van der Waals surface area contributed by atoms with Crippen molar-refractivity contribution in [2.45, 2.75) is 38.6 Å². The minimum Gasteiger partial charge on any atom is -0.426 e. The van der Waals surface area contributed by atoms with E-state index in [1.165, 1.54) is 6.20 Å². The van der Waals surface area contributed by atoms with Crippen LogP contribution in [0, 0.1) is 5.92 Å². The molecule has 0 aliphatic heterocycles. The number of aromatic nitrogens is 2. The Morgan fingerprint density at radius 1 is 1.25 bits per heavy atom. The average molecular weight is 392 g/mol. The molecule has 8 nitrogen and oxygen atoms in total. The van der Waals surface area contributed by atoms with Crippen LogP contribution in [0.2, 0.25) is 0 Å². The standard InChI is InChI=1S/C19H25BN4O4/c1-13(2)10-17(20(27)28)24-18(25)15(11-14-6-4-3-5-7-14)23-19(26)16-12-21-8-9-22-16/h3-9,12-13,15,17,27-28H,10-11H2,1-2H3,(H,23,26)(H,24,25)/t15?,17-/m0/s1/i3D,4D,5D,6D,7D,11D2,15D. The average Bonchev–Trinajstić information content (AvgIpc) is 2.80. The SMILES string of the molecule is [2H]c1c([2H])c([2H])c(C([2H])([2H])C([2H])(NC(=O)c2cnccn2)C(=O)N[C@@H](CC(C)C)B(O)O)c([2H])c1[2H]. The van der Waals surface area contributed by atoms with Crippen LogP contribution in [0.4, 0.5) is 0 Å². The van der Waals surface area contributed by atoms with Gasteiger partial charge in [-0.3, -0.25) is 14.6 Å². The van der Waals surface area contributed by atoms with Gasteiger partial charge in [0.1, 0.15) is 11.7 Å². The van der Waals surface area contributed by atoms with Crippen LogP contribution in [0.25, 0.3) is 0 Å². The number of amides is 2. The molecule has 2 aromatic rings. The Bertz CT molecular complexity index is 1110. The Kier molecular flexibility index (Phi) is 4.75. The van der Waals surface area contributed by atoms with Crippen LogP contribution in [0.1, 0.15) is 47.3 Å². The molecular formula is C19H25BN4O4. The molecule has 1 unspecified atom stereocenters. The summed E-state index contributed by atoms with van der Waals surface area (Å²) in [5.74, 6) is -4.35. The van der Waals surface area contributed by atoms with Gasteiger partial charge in [0.2, 0.25) is 5.91 Å². The third-order valence-corrected chi connectivity index (χ3v) is 3.41. The molecule has 1 aromatic carbocycles. The van der Waals surface area contributed by atoms with E-state index in [0.29, 0.717) is 0 Å². The highest BCUT2D eigenvalue weighted by molar-refractivity contribution is 6.43. The molecule has 0 aliphatic carbocycles. The van der Waals surface area contributed by atoms with E-state index < -0.39 is 78.7 Å². The van der Waals surface area contributed by atoms with Gasteiger partial charge in [0.15, 0.2) is 0 Å². The number of nitrogens with one attached hydrogen (secondary N) is 2. The van der Waals surface area contributed by atoms with Crippen LogP contribution in [0.5, 0.6) is 0 Å². The Morgan fingerprint density at radius 3 is 2.54 bits per heavy atom. The molecule has 1 aromatic heterocycles. The quantitative estimate of drug-likeness (QED) is 0.457. The predicted octanol–water partition coefficient (Wildman–Crippen LogP) is 0.361. The zero-order valence-electron chi connectivity index (χ0n) is 23.3. The van der Waals surface area contributed by atoms with Gasteiger partial charge in [-0.15, -0.1) is 0 Å². The minimum atomic E-state index is -3.44. The summed E-state index contributed by atoms with van der Waals surface area (Å²) >= 11 is 0. The highest BCUT2D eigenvalue weighted by atomic mass is 16.4. The lowest BCUT2D eigenvalue weighted by atomic mass is 9.75. The second-order valence-electron chi connectivity index (χ2n) is 6.17. The molecule has 2 amide bonds. The number of hydrogen-bond acceptors (Lipinski definition) is 6. The summed E-state index contributed by atoms with van der Waals surface area (Å²) in [5.41, 5.74) is -1.46. The lowest BCUT2D eigenvalue weighted by Gasteiger charge is -2.24. The van der Waals surface area contributed by atoms with Gasteiger partial charge in [-0.05, 0) is 17.9 Å². The molecule has 0 saturated heterocycles. The molecule has 148 valence electrons.